The summed E-state index contributed by atoms with van der Waals surface area (Å²) in [6.45, 7) is 9.06. The van der Waals surface area contributed by atoms with Crippen LogP contribution in [0.15, 0.2) is 9.67 Å². The average molecular weight is 399 g/mol. The predicted molar refractivity (Wildman–Crippen MR) is 96.4 cm³/mol. The van der Waals surface area contributed by atoms with Gasteiger partial charge >= 0.3 is 137 Å². The van der Waals surface area contributed by atoms with Gasteiger partial charge in [-0.25, -0.2) is 0 Å². The Balaban J connectivity index is 3.00. The van der Waals surface area contributed by atoms with E-state index in [1.54, 1.807) is 3.59 Å². The molecule has 0 aliphatic heterocycles. The van der Waals surface area contributed by atoms with Crippen LogP contribution < -0.4 is 0 Å². The number of hydrogen-bond donors (Lipinski definition) is 0. The van der Waals surface area contributed by atoms with Gasteiger partial charge in [0.15, 0.2) is 0 Å². The number of carbonyl (C=O) groups excluding carboxylic acids is 1. The molecule has 0 amide bonds. The number of ketones is 1. The third-order valence-electron chi connectivity index (χ3n) is 5.36. The molecular formula is C19H36OSn. The second-order valence-corrected chi connectivity index (χ2v) is 20.5. The summed E-state index contributed by atoms with van der Waals surface area (Å²) in [5.74, 6) is 0.711. The number of carbonyl (C=O) groups is 1. The summed E-state index contributed by atoms with van der Waals surface area (Å²) in [6.07, 6.45) is 12.6. The quantitative estimate of drug-likeness (QED) is 0.394. The van der Waals surface area contributed by atoms with Gasteiger partial charge in [0.1, 0.15) is 0 Å². The second kappa shape index (κ2) is 10.1. The standard InChI is InChI=1S/C7H9O.3C4H9.Sn/c1-6-4-2-3-5-7(6)8;3*1-3-4-2;/h5-6H,2,4H2,1H3;3*1,3-4H2,2H3;. The fourth-order valence-corrected chi connectivity index (χ4v) is 20.6. The molecule has 0 aromatic rings. The van der Waals surface area contributed by atoms with Gasteiger partial charge in [-0.05, 0) is 0 Å². The van der Waals surface area contributed by atoms with Crippen LogP contribution in [0.1, 0.15) is 79.1 Å². The second-order valence-electron chi connectivity index (χ2n) is 7.10. The van der Waals surface area contributed by atoms with Gasteiger partial charge in [-0.15, -0.1) is 0 Å². The summed E-state index contributed by atoms with van der Waals surface area (Å²) in [5.41, 5.74) is 0. The number of allylic oxidation sites excluding steroid dienone is 2. The first-order valence-electron chi connectivity index (χ1n) is 9.34. The van der Waals surface area contributed by atoms with Crippen LogP contribution in [-0.2, 0) is 4.79 Å². The molecule has 1 aliphatic carbocycles. The topological polar surface area (TPSA) is 17.1 Å². The molecular weight excluding hydrogens is 363 g/mol. The molecule has 0 bridgehead atoms. The molecule has 0 saturated carbocycles. The first kappa shape index (κ1) is 19.3. The van der Waals surface area contributed by atoms with Crippen molar-refractivity contribution in [2.45, 2.75) is 92.4 Å². The third kappa shape index (κ3) is 5.73. The van der Waals surface area contributed by atoms with Crippen LogP contribution in [0.25, 0.3) is 0 Å². The average Bonchev–Trinajstić information content (AvgIpc) is 2.50. The zero-order valence-electron chi connectivity index (χ0n) is 14.8. The fourth-order valence-electron chi connectivity index (χ4n) is 3.72. The Morgan fingerprint density at radius 1 is 1.00 bits per heavy atom. The summed E-state index contributed by atoms with van der Waals surface area (Å²) in [4.78, 5) is 12.2. The van der Waals surface area contributed by atoms with Gasteiger partial charge in [0.25, 0.3) is 0 Å². The maximum atomic E-state index is 12.2. The minimum absolute atomic E-state index is 0.279. The summed E-state index contributed by atoms with van der Waals surface area (Å²) >= 11 is -2.27. The molecule has 0 spiro atoms. The molecule has 1 rings (SSSR count). The van der Waals surface area contributed by atoms with Crippen LogP contribution in [-0.4, -0.2) is 24.2 Å². The van der Waals surface area contributed by atoms with E-state index in [4.69, 9.17) is 0 Å². The van der Waals surface area contributed by atoms with Crippen LogP contribution in [0.3, 0.4) is 0 Å². The maximum absolute atomic E-state index is 12.2. The van der Waals surface area contributed by atoms with Crippen molar-refractivity contribution in [3.63, 3.8) is 0 Å². The van der Waals surface area contributed by atoms with E-state index in [2.05, 4.69) is 33.8 Å². The molecule has 2 heteroatoms. The molecule has 0 saturated heterocycles. The van der Waals surface area contributed by atoms with Gasteiger partial charge in [0, 0.05) is 0 Å². The summed E-state index contributed by atoms with van der Waals surface area (Å²) < 4.78 is 6.21. The number of unbranched alkanes of at least 4 members (excludes halogenated alkanes) is 3. The van der Waals surface area contributed by atoms with Crippen LogP contribution in [0.5, 0.6) is 0 Å². The summed E-state index contributed by atoms with van der Waals surface area (Å²) in [6, 6.07) is 0. The van der Waals surface area contributed by atoms with Gasteiger partial charge in [0.05, 0.1) is 0 Å². The summed E-state index contributed by atoms with van der Waals surface area (Å²) in [7, 11) is 0. The zero-order chi connectivity index (χ0) is 15.7. The molecule has 0 radical (unpaired) electrons. The van der Waals surface area contributed by atoms with Crippen LogP contribution in [0, 0.1) is 5.92 Å². The van der Waals surface area contributed by atoms with Crippen molar-refractivity contribution in [2.75, 3.05) is 0 Å². The van der Waals surface area contributed by atoms with Crippen molar-refractivity contribution in [3.05, 3.63) is 9.67 Å². The molecule has 1 nitrogen and oxygen atoms in total. The van der Waals surface area contributed by atoms with Crippen molar-refractivity contribution in [3.8, 4) is 0 Å². The molecule has 21 heavy (non-hydrogen) atoms. The fraction of sp³-hybridized carbons (Fsp3) is 0.842. The molecule has 1 atom stereocenters. The first-order chi connectivity index (χ1) is 10.1. The van der Waals surface area contributed by atoms with E-state index in [0.29, 0.717) is 5.78 Å². The Morgan fingerprint density at radius 3 is 1.86 bits per heavy atom. The van der Waals surface area contributed by atoms with E-state index in [1.807, 2.05) is 0 Å². The van der Waals surface area contributed by atoms with E-state index >= 15 is 0 Å². The van der Waals surface area contributed by atoms with Crippen molar-refractivity contribution in [1.82, 2.24) is 0 Å². The molecule has 0 fully saturated rings. The molecule has 0 heterocycles. The van der Waals surface area contributed by atoms with Crippen molar-refractivity contribution in [2.24, 2.45) is 5.92 Å². The van der Waals surface area contributed by atoms with Crippen LogP contribution >= 0.6 is 0 Å². The van der Waals surface area contributed by atoms with E-state index in [0.717, 1.165) is 6.42 Å². The van der Waals surface area contributed by atoms with E-state index in [1.165, 1.54) is 58.3 Å². The van der Waals surface area contributed by atoms with Crippen molar-refractivity contribution >= 4 is 24.2 Å². The van der Waals surface area contributed by atoms with Gasteiger partial charge in [-0.3, -0.25) is 0 Å². The molecule has 0 aromatic carbocycles. The first-order valence-corrected chi connectivity index (χ1v) is 16.8. The minimum atomic E-state index is -2.27. The van der Waals surface area contributed by atoms with Gasteiger partial charge in [-0.1, -0.05) is 0 Å². The van der Waals surface area contributed by atoms with E-state index < -0.39 is 18.4 Å². The van der Waals surface area contributed by atoms with Crippen molar-refractivity contribution in [1.29, 1.82) is 0 Å². The molecule has 122 valence electrons. The molecule has 1 aliphatic rings. The van der Waals surface area contributed by atoms with Crippen LogP contribution in [0.2, 0.25) is 13.3 Å². The number of rotatable bonds is 10. The van der Waals surface area contributed by atoms with E-state index in [-0.39, 0.29) is 5.92 Å². The van der Waals surface area contributed by atoms with Gasteiger partial charge in [-0.2, -0.15) is 0 Å². The van der Waals surface area contributed by atoms with Crippen molar-refractivity contribution < 1.29 is 4.79 Å². The zero-order valence-corrected chi connectivity index (χ0v) is 17.7. The Hall–Kier alpha value is 0.209. The monoisotopic (exact) mass is 400 g/mol. The predicted octanol–water partition coefficient (Wildman–Crippen LogP) is 6.30. The molecule has 0 aromatic heterocycles. The number of hydrogen-bond acceptors (Lipinski definition) is 1. The third-order valence-corrected chi connectivity index (χ3v) is 21.6. The molecule has 0 N–H and O–H groups in total. The summed E-state index contributed by atoms with van der Waals surface area (Å²) in [5, 5.41) is 0. The SMILES string of the molecule is CCC[CH2][Sn]([CH2]CCC)([CH2]CCC)[C]1=CC(=O)C(C)CC1. The van der Waals surface area contributed by atoms with Gasteiger partial charge < -0.3 is 0 Å². The Morgan fingerprint density at radius 2 is 1.48 bits per heavy atom. The Bertz CT molecular complexity index is 324. The van der Waals surface area contributed by atoms with E-state index in [9.17, 15) is 4.79 Å². The molecule has 1 unspecified atom stereocenters. The van der Waals surface area contributed by atoms with Crippen LogP contribution in [0.4, 0.5) is 0 Å². The van der Waals surface area contributed by atoms with Gasteiger partial charge in [0.2, 0.25) is 0 Å². The Kier molecular flexibility index (Phi) is 9.24. The normalized spacial score (nSPS) is 19.7. The Labute approximate surface area is 136 Å².